The number of aromatic amines is 1. The third kappa shape index (κ3) is 4.44. The van der Waals surface area contributed by atoms with E-state index in [4.69, 9.17) is 9.26 Å². The fraction of sp³-hybridized carbons (Fsp3) is 0.0741. The summed E-state index contributed by atoms with van der Waals surface area (Å²) in [5.41, 5.74) is 4.74. The molecule has 0 bridgehead atoms. The highest BCUT2D eigenvalue weighted by Crippen LogP contribution is 2.31. The molecule has 11 heteroatoms. The van der Waals surface area contributed by atoms with Crippen LogP contribution in [0.1, 0.15) is 21.6 Å². The van der Waals surface area contributed by atoms with Crippen LogP contribution in [0.4, 0.5) is 0 Å². The summed E-state index contributed by atoms with van der Waals surface area (Å²) in [6.45, 7) is 2.15. The van der Waals surface area contributed by atoms with Crippen molar-refractivity contribution in [1.29, 1.82) is 0 Å². The van der Waals surface area contributed by atoms with E-state index < -0.39 is 5.97 Å². The first-order valence-corrected chi connectivity index (χ1v) is 11.6. The van der Waals surface area contributed by atoms with Crippen LogP contribution in [-0.2, 0) is 6.61 Å². The molecule has 38 heavy (non-hydrogen) atoms. The van der Waals surface area contributed by atoms with E-state index in [-0.39, 0.29) is 12.2 Å². The second-order valence-electron chi connectivity index (χ2n) is 8.49. The maximum absolute atomic E-state index is 11.4. The lowest BCUT2D eigenvalue weighted by molar-refractivity contribution is 0.0697. The molecule has 0 fully saturated rings. The van der Waals surface area contributed by atoms with E-state index in [1.807, 2.05) is 55.5 Å². The van der Waals surface area contributed by atoms with Gasteiger partial charge in [-0.3, -0.25) is 4.98 Å². The molecule has 0 saturated heterocycles. The van der Waals surface area contributed by atoms with Gasteiger partial charge in [-0.1, -0.05) is 47.6 Å². The van der Waals surface area contributed by atoms with E-state index in [1.165, 1.54) is 6.07 Å². The fourth-order valence-electron chi connectivity index (χ4n) is 4.07. The summed E-state index contributed by atoms with van der Waals surface area (Å²) in [5.74, 6) is 0.779. The molecule has 0 saturated carbocycles. The molecule has 0 radical (unpaired) electrons. The topological polar surface area (TPSA) is 153 Å². The quantitative estimate of drug-likeness (QED) is 0.312. The zero-order valence-electron chi connectivity index (χ0n) is 20.0. The number of hydrogen-bond donors (Lipinski definition) is 2. The van der Waals surface area contributed by atoms with Crippen LogP contribution < -0.4 is 4.74 Å². The van der Waals surface area contributed by atoms with Crippen LogP contribution in [0.5, 0.6) is 5.75 Å². The van der Waals surface area contributed by atoms with Gasteiger partial charge in [-0.25, -0.2) is 4.79 Å². The van der Waals surface area contributed by atoms with Crippen molar-refractivity contribution in [3.05, 3.63) is 89.6 Å². The Kier molecular flexibility index (Phi) is 5.77. The van der Waals surface area contributed by atoms with Crippen molar-refractivity contribution in [3.8, 4) is 40.0 Å². The Bertz CT molecular complexity index is 1760. The van der Waals surface area contributed by atoms with Crippen LogP contribution in [0, 0.1) is 6.92 Å². The first kappa shape index (κ1) is 23.0. The van der Waals surface area contributed by atoms with Gasteiger partial charge in [-0.15, -0.1) is 10.2 Å². The minimum absolute atomic E-state index is 0.178. The van der Waals surface area contributed by atoms with E-state index in [0.717, 1.165) is 22.4 Å². The molecule has 6 rings (SSSR count). The number of tetrazole rings is 1. The predicted molar refractivity (Wildman–Crippen MR) is 136 cm³/mol. The average Bonchev–Trinajstić information content (AvgIpc) is 3.65. The van der Waals surface area contributed by atoms with Crippen molar-refractivity contribution in [1.82, 2.24) is 35.7 Å². The Hall–Kier alpha value is -5.45. The van der Waals surface area contributed by atoms with Gasteiger partial charge in [-0.2, -0.15) is 10.2 Å². The van der Waals surface area contributed by atoms with E-state index in [1.54, 1.807) is 18.2 Å². The Morgan fingerprint density at radius 2 is 1.79 bits per heavy atom. The van der Waals surface area contributed by atoms with Crippen LogP contribution in [0.25, 0.3) is 45.1 Å². The number of aromatic nitrogens is 7. The van der Waals surface area contributed by atoms with Crippen molar-refractivity contribution in [2.45, 2.75) is 13.5 Å². The minimum atomic E-state index is -1.00. The molecule has 2 N–H and O–H groups in total. The number of H-pyrrole nitrogens is 1. The lowest BCUT2D eigenvalue weighted by Crippen LogP contribution is -2.00. The lowest BCUT2D eigenvalue weighted by Gasteiger charge is -2.11. The SMILES string of the molecule is Cc1cc(OCc2ccc(-c3noc(-c4ccccc4-c4nn[nH]n4)n3)cc2)c2cc(C(=O)O)ccc2n1. The van der Waals surface area contributed by atoms with Gasteiger partial charge < -0.3 is 14.4 Å². The van der Waals surface area contributed by atoms with Gasteiger partial charge in [0.1, 0.15) is 12.4 Å². The molecule has 0 spiro atoms. The first-order chi connectivity index (χ1) is 18.5. The molecule has 11 nitrogen and oxygen atoms in total. The van der Waals surface area contributed by atoms with E-state index in [9.17, 15) is 9.90 Å². The van der Waals surface area contributed by atoms with E-state index in [2.05, 4.69) is 35.7 Å². The van der Waals surface area contributed by atoms with E-state index >= 15 is 0 Å². The molecule has 186 valence electrons. The summed E-state index contributed by atoms with van der Waals surface area (Å²) in [4.78, 5) is 20.5. The summed E-state index contributed by atoms with van der Waals surface area (Å²) in [5, 5.41) is 28.3. The summed E-state index contributed by atoms with van der Waals surface area (Å²) >= 11 is 0. The minimum Gasteiger partial charge on any atom is -0.488 e. The van der Waals surface area contributed by atoms with Gasteiger partial charge in [0.15, 0.2) is 0 Å². The number of carbonyl (C=O) groups is 1. The summed E-state index contributed by atoms with van der Waals surface area (Å²) < 4.78 is 11.6. The third-order valence-electron chi connectivity index (χ3n) is 5.92. The van der Waals surface area contributed by atoms with Crippen LogP contribution >= 0.6 is 0 Å². The first-order valence-electron chi connectivity index (χ1n) is 11.6. The fourth-order valence-corrected chi connectivity index (χ4v) is 4.07. The molecule has 0 amide bonds. The summed E-state index contributed by atoms with van der Waals surface area (Å²) in [7, 11) is 0. The monoisotopic (exact) mass is 505 g/mol. The average molecular weight is 505 g/mol. The number of nitrogens with zero attached hydrogens (tertiary/aromatic N) is 6. The second kappa shape index (κ2) is 9.54. The molecule has 0 aliphatic heterocycles. The molecule has 0 aliphatic carbocycles. The molecule has 3 heterocycles. The molecule has 3 aromatic heterocycles. The van der Waals surface area contributed by atoms with Crippen LogP contribution in [-0.4, -0.2) is 46.8 Å². The Balaban J connectivity index is 1.21. The highest BCUT2D eigenvalue weighted by molar-refractivity contribution is 5.95. The zero-order valence-corrected chi connectivity index (χ0v) is 20.0. The number of aromatic carboxylic acids is 1. The number of carboxylic acid groups (broad SMARTS) is 1. The Morgan fingerprint density at radius 1 is 0.974 bits per heavy atom. The van der Waals surface area contributed by atoms with Crippen LogP contribution in [0.3, 0.4) is 0 Å². The second-order valence-corrected chi connectivity index (χ2v) is 8.49. The number of hydrogen-bond acceptors (Lipinski definition) is 9. The van der Waals surface area contributed by atoms with Gasteiger partial charge in [-0.05, 0) is 42.0 Å². The normalized spacial score (nSPS) is 11.1. The predicted octanol–water partition coefficient (Wildman–Crippen LogP) is 4.72. The lowest BCUT2D eigenvalue weighted by atomic mass is 10.1. The van der Waals surface area contributed by atoms with Gasteiger partial charge in [0.05, 0.1) is 16.6 Å². The van der Waals surface area contributed by atoms with Gasteiger partial charge in [0.25, 0.3) is 5.89 Å². The highest BCUT2D eigenvalue weighted by atomic mass is 16.5. The summed E-state index contributed by atoms with van der Waals surface area (Å²) in [6.07, 6.45) is 0. The van der Waals surface area contributed by atoms with Gasteiger partial charge in [0.2, 0.25) is 11.6 Å². The number of benzene rings is 3. The number of ether oxygens (including phenoxy) is 1. The number of fused-ring (bicyclic) bond motifs is 1. The maximum Gasteiger partial charge on any atom is 0.335 e. The number of nitrogens with one attached hydrogen (secondary N) is 1. The molecule has 0 atom stereocenters. The largest absolute Gasteiger partial charge is 0.488 e. The highest BCUT2D eigenvalue weighted by Gasteiger charge is 2.17. The number of rotatable bonds is 7. The molecule has 3 aromatic carbocycles. The van der Waals surface area contributed by atoms with Crippen molar-refractivity contribution in [2.75, 3.05) is 0 Å². The van der Waals surface area contributed by atoms with Crippen molar-refractivity contribution >= 4 is 16.9 Å². The smallest absolute Gasteiger partial charge is 0.335 e. The standard InChI is InChI=1S/C27H19N7O4/c1-15-12-23(21-13-18(27(35)36)10-11-22(21)28-15)37-14-16-6-8-17(9-7-16)24-29-26(38-32-24)20-5-3-2-4-19(20)25-30-33-34-31-25/h2-13H,14H2,1H3,(H,35,36)(H,30,31,33,34). The molecule has 0 unspecified atom stereocenters. The van der Waals surface area contributed by atoms with Crippen LogP contribution in [0.2, 0.25) is 0 Å². The van der Waals surface area contributed by atoms with Gasteiger partial charge >= 0.3 is 5.97 Å². The number of carboxylic acids is 1. The summed E-state index contributed by atoms with van der Waals surface area (Å²) in [6, 6.07) is 21.6. The number of pyridine rings is 1. The zero-order chi connectivity index (χ0) is 26.1. The number of aryl methyl sites for hydroxylation is 1. The molecular formula is C27H19N7O4. The third-order valence-corrected chi connectivity index (χ3v) is 5.92. The Labute approximate surface area is 215 Å². The van der Waals surface area contributed by atoms with E-state index in [0.29, 0.717) is 39.8 Å². The molecule has 6 aromatic rings. The van der Waals surface area contributed by atoms with Crippen LogP contribution in [0.15, 0.2) is 77.3 Å². The maximum atomic E-state index is 11.4. The Morgan fingerprint density at radius 3 is 2.55 bits per heavy atom. The van der Waals surface area contributed by atoms with Gasteiger partial charge in [0, 0.05) is 28.3 Å². The molecule has 0 aliphatic rings. The molecular weight excluding hydrogens is 486 g/mol. The van der Waals surface area contributed by atoms with Crippen molar-refractivity contribution in [3.63, 3.8) is 0 Å². The van der Waals surface area contributed by atoms with Crippen molar-refractivity contribution in [2.24, 2.45) is 0 Å². The van der Waals surface area contributed by atoms with Crippen molar-refractivity contribution < 1.29 is 19.2 Å².